The molecule has 0 aliphatic rings. The summed E-state index contributed by atoms with van der Waals surface area (Å²) >= 11 is 0. The molecule has 0 aromatic carbocycles. The minimum absolute atomic E-state index is 0.00632. The van der Waals surface area contributed by atoms with Crippen molar-refractivity contribution in [3.8, 4) is 0 Å². The Morgan fingerprint density at radius 3 is 2.54 bits per heavy atom. The molecule has 0 saturated heterocycles. The predicted octanol–water partition coefficient (Wildman–Crippen LogP) is 1.78. The highest BCUT2D eigenvalue weighted by atomic mass is 32.2. The number of nitrogens with zero attached hydrogens (tertiary/aromatic N) is 5. The van der Waals surface area contributed by atoms with Crippen molar-refractivity contribution in [1.29, 1.82) is 0 Å². The molecule has 0 atom stereocenters. The smallest absolute Gasteiger partial charge is 0.259 e. The van der Waals surface area contributed by atoms with Crippen LogP contribution in [0.2, 0.25) is 0 Å². The minimum atomic E-state index is -3.64. The molecule has 3 heterocycles. The van der Waals surface area contributed by atoms with Crippen molar-refractivity contribution in [2.24, 2.45) is 0 Å². The molecule has 3 aromatic rings. The van der Waals surface area contributed by atoms with Gasteiger partial charge in [0, 0.05) is 31.5 Å². The molecule has 0 amide bonds. The molecule has 11 heteroatoms. The number of imidazole rings is 1. The fraction of sp³-hybridized carbons (Fsp3) is 0.294. The van der Waals surface area contributed by atoms with E-state index in [0.29, 0.717) is 18.2 Å². The highest BCUT2D eigenvalue weighted by molar-refractivity contribution is 7.89. The summed E-state index contributed by atoms with van der Waals surface area (Å²) in [6.07, 6.45) is 6.40. The lowest BCUT2D eigenvalue weighted by Gasteiger charge is -2.08. The maximum atomic E-state index is 12.2. The van der Waals surface area contributed by atoms with Gasteiger partial charge in [0.05, 0.1) is 18.2 Å². The van der Waals surface area contributed by atoms with E-state index in [0.717, 1.165) is 5.69 Å². The maximum Gasteiger partial charge on any atom is 0.259 e. The van der Waals surface area contributed by atoms with Crippen LogP contribution in [0.1, 0.15) is 19.9 Å². The second-order valence-corrected chi connectivity index (χ2v) is 7.96. The molecule has 0 aliphatic carbocycles. The summed E-state index contributed by atoms with van der Waals surface area (Å²) in [4.78, 5) is 7.96. The van der Waals surface area contributed by atoms with Crippen molar-refractivity contribution in [2.45, 2.75) is 24.9 Å². The van der Waals surface area contributed by atoms with Crippen LogP contribution < -0.4 is 15.4 Å². The number of pyridine rings is 1. The van der Waals surface area contributed by atoms with E-state index in [9.17, 15) is 8.42 Å². The van der Waals surface area contributed by atoms with Crippen molar-refractivity contribution in [3.05, 3.63) is 49.2 Å². The molecule has 0 saturated carbocycles. The van der Waals surface area contributed by atoms with Gasteiger partial charge in [-0.3, -0.25) is 4.98 Å². The summed E-state index contributed by atoms with van der Waals surface area (Å²) in [6.45, 7) is 4.45. The molecular weight excluding hydrogens is 380 g/mol. The molecule has 0 fully saturated rings. The van der Waals surface area contributed by atoms with Gasteiger partial charge in [0.1, 0.15) is 5.82 Å². The van der Waals surface area contributed by atoms with Crippen molar-refractivity contribution in [2.75, 3.05) is 23.7 Å². The van der Waals surface area contributed by atoms with E-state index in [1.54, 1.807) is 29.1 Å². The molecule has 0 spiro atoms. The minimum Gasteiger partial charge on any atom is -0.367 e. The van der Waals surface area contributed by atoms with Gasteiger partial charge in [-0.15, -0.1) is 10.2 Å². The zero-order valence-electron chi connectivity index (χ0n) is 15.6. The summed E-state index contributed by atoms with van der Waals surface area (Å²) in [7, 11) is -3.64. The Bertz CT molecular complexity index is 988. The highest BCUT2D eigenvalue weighted by Crippen LogP contribution is 2.13. The summed E-state index contributed by atoms with van der Waals surface area (Å²) in [5.41, 5.74) is 0.812. The first-order valence-corrected chi connectivity index (χ1v) is 10.2. The fourth-order valence-corrected chi connectivity index (χ4v) is 3.23. The molecule has 3 N–H and O–H groups in total. The van der Waals surface area contributed by atoms with E-state index in [4.69, 9.17) is 0 Å². The van der Waals surface area contributed by atoms with E-state index in [-0.39, 0.29) is 17.6 Å². The predicted molar refractivity (Wildman–Crippen MR) is 106 cm³/mol. The van der Waals surface area contributed by atoms with Crippen LogP contribution in [0.25, 0.3) is 0 Å². The summed E-state index contributed by atoms with van der Waals surface area (Å²) in [5, 5.41) is 14.2. The third-order valence-corrected chi connectivity index (χ3v) is 5.12. The lowest BCUT2D eigenvalue weighted by atomic mass is 10.4. The summed E-state index contributed by atoms with van der Waals surface area (Å²) < 4.78 is 28.7. The van der Waals surface area contributed by atoms with Crippen molar-refractivity contribution in [1.82, 2.24) is 29.5 Å². The molecule has 0 aliphatic heterocycles. The van der Waals surface area contributed by atoms with Gasteiger partial charge < -0.3 is 15.2 Å². The normalized spacial score (nSPS) is 11.5. The number of aromatic nitrogens is 5. The van der Waals surface area contributed by atoms with Crippen LogP contribution >= 0.6 is 0 Å². The van der Waals surface area contributed by atoms with E-state index in [1.807, 2.05) is 26.0 Å². The van der Waals surface area contributed by atoms with Crippen molar-refractivity contribution in [3.63, 3.8) is 0 Å². The first kappa shape index (κ1) is 19.7. The van der Waals surface area contributed by atoms with Crippen LogP contribution in [0, 0.1) is 0 Å². The SMILES string of the molecule is CC(C)n1cnc(S(=O)(=O)NCCNc2ccc(Nc3cccnc3)nn2)c1. The molecule has 3 aromatic heterocycles. The van der Waals surface area contributed by atoms with Crippen LogP contribution in [-0.4, -0.2) is 46.2 Å². The number of sulfonamides is 1. The molecule has 10 nitrogen and oxygen atoms in total. The molecular formula is C17H22N8O2S. The summed E-state index contributed by atoms with van der Waals surface area (Å²) in [5.74, 6) is 1.13. The largest absolute Gasteiger partial charge is 0.367 e. The van der Waals surface area contributed by atoms with Gasteiger partial charge in [0.15, 0.2) is 10.8 Å². The molecule has 0 unspecified atom stereocenters. The zero-order chi connectivity index (χ0) is 20.0. The van der Waals surface area contributed by atoms with Crippen LogP contribution in [0.3, 0.4) is 0 Å². The topological polar surface area (TPSA) is 127 Å². The zero-order valence-corrected chi connectivity index (χ0v) is 16.4. The first-order valence-electron chi connectivity index (χ1n) is 8.72. The second-order valence-electron chi connectivity index (χ2n) is 6.25. The van der Waals surface area contributed by atoms with Gasteiger partial charge >= 0.3 is 0 Å². The van der Waals surface area contributed by atoms with Crippen LogP contribution in [0.4, 0.5) is 17.3 Å². The number of hydrogen-bond donors (Lipinski definition) is 3. The van der Waals surface area contributed by atoms with Gasteiger partial charge in [-0.2, -0.15) is 0 Å². The Balaban J connectivity index is 1.47. The van der Waals surface area contributed by atoms with E-state index in [1.165, 1.54) is 12.5 Å². The monoisotopic (exact) mass is 402 g/mol. The average Bonchev–Trinajstić information content (AvgIpc) is 3.19. The number of hydrogen-bond acceptors (Lipinski definition) is 8. The Morgan fingerprint density at radius 2 is 1.89 bits per heavy atom. The third kappa shape index (κ3) is 5.24. The van der Waals surface area contributed by atoms with Crippen molar-refractivity contribution >= 4 is 27.3 Å². The maximum absolute atomic E-state index is 12.2. The Kier molecular flexibility index (Phi) is 6.16. The van der Waals surface area contributed by atoms with E-state index >= 15 is 0 Å². The molecule has 28 heavy (non-hydrogen) atoms. The van der Waals surface area contributed by atoms with Gasteiger partial charge in [-0.25, -0.2) is 18.1 Å². The molecule has 0 bridgehead atoms. The Morgan fingerprint density at radius 1 is 1.11 bits per heavy atom. The standard InChI is InChI=1S/C17H22N8O2S/c1-13(2)25-11-17(20-12-25)28(26,27)21-9-8-19-15-5-6-16(24-23-15)22-14-4-3-7-18-10-14/h3-7,10-13,21H,8-9H2,1-2H3,(H,19,23)(H,22,24). The van der Waals surface area contributed by atoms with Gasteiger partial charge in [0.2, 0.25) is 0 Å². The van der Waals surface area contributed by atoms with E-state index < -0.39 is 10.0 Å². The number of anilines is 3. The van der Waals surface area contributed by atoms with E-state index in [2.05, 4.69) is 35.5 Å². The first-order chi connectivity index (χ1) is 13.4. The quantitative estimate of drug-likeness (QED) is 0.462. The average molecular weight is 402 g/mol. The second kappa shape index (κ2) is 8.76. The molecule has 0 radical (unpaired) electrons. The fourth-order valence-electron chi connectivity index (χ4n) is 2.27. The number of nitrogens with one attached hydrogen (secondary N) is 3. The van der Waals surface area contributed by atoms with Gasteiger partial charge in [0.25, 0.3) is 10.0 Å². The Hall–Kier alpha value is -3.05. The molecule has 3 rings (SSSR count). The highest BCUT2D eigenvalue weighted by Gasteiger charge is 2.17. The van der Waals surface area contributed by atoms with Gasteiger partial charge in [-0.1, -0.05) is 0 Å². The number of rotatable bonds is 9. The lowest BCUT2D eigenvalue weighted by Crippen LogP contribution is -2.29. The third-order valence-electron chi connectivity index (χ3n) is 3.77. The van der Waals surface area contributed by atoms with Crippen LogP contribution in [0.15, 0.2) is 54.2 Å². The lowest BCUT2D eigenvalue weighted by molar-refractivity contribution is 0.577. The Labute approximate surface area is 163 Å². The molecule has 148 valence electrons. The van der Waals surface area contributed by atoms with Crippen LogP contribution in [-0.2, 0) is 10.0 Å². The summed E-state index contributed by atoms with van der Waals surface area (Å²) in [6, 6.07) is 7.36. The van der Waals surface area contributed by atoms with Crippen molar-refractivity contribution < 1.29 is 8.42 Å². The van der Waals surface area contributed by atoms with Crippen LogP contribution in [0.5, 0.6) is 0 Å². The van der Waals surface area contributed by atoms with Gasteiger partial charge in [-0.05, 0) is 38.1 Å².